The van der Waals surface area contributed by atoms with Crippen LogP contribution in [0.5, 0.6) is 0 Å². The number of aryl methyl sites for hydroxylation is 1. The van der Waals surface area contributed by atoms with E-state index >= 15 is 0 Å². The van der Waals surface area contributed by atoms with Crippen LogP contribution in [0, 0.1) is 12.7 Å². The second kappa shape index (κ2) is 7.84. The number of nitrogens with one attached hydrogen (secondary N) is 1. The van der Waals surface area contributed by atoms with Gasteiger partial charge >= 0.3 is 0 Å². The molecule has 29 heavy (non-hydrogen) atoms. The maximum Gasteiger partial charge on any atom is 0.243 e. The Kier molecular flexibility index (Phi) is 5.25. The van der Waals surface area contributed by atoms with E-state index in [-0.39, 0.29) is 4.90 Å². The minimum atomic E-state index is -3.84. The van der Waals surface area contributed by atoms with Gasteiger partial charge in [0, 0.05) is 18.9 Å². The fourth-order valence-corrected chi connectivity index (χ4v) is 5.06. The molecular formula is C20H20FN5O2S. The molecule has 0 amide bonds. The van der Waals surface area contributed by atoms with E-state index in [1.165, 1.54) is 16.4 Å². The van der Waals surface area contributed by atoms with Crippen molar-refractivity contribution in [2.24, 2.45) is 0 Å². The van der Waals surface area contributed by atoms with E-state index in [0.717, 1.165) is 6.07 Å². The van der Waals surface area contributed by atoms with Crippen molar-refractivity contribution in [2.75, 3.05) is 11.9 Å². The zero-order chi connectivity index (χ0) is 20.4. The van der Waals surface area contributed by atoms with Gasteiger partial charge in [-0.1, -0.05) is 12.1 Å². The van der Waals surface area contributed by atoms with E-state index < -0.39 is 21.9 Å². The zero-order valence-corrected chi connectivity index (χ0v) is 16.6. The van der Waals surface area contributed by atoms with Crippen LogP contribution in [0.25, 0.3) is 0 Å². The van der Waals surface area contributed by atoms with Gasteiger partial charge in [-0.25, -0.2) is 27.8 Å². The first-order valence-corrected chi connectivity index (χ1v) is 10.7. The van der Waals surface area contributed by atoms with Crippen molar-refractivity contribution in [3.8, 4) is 0 Å². The Hall–Kier alpha value is -2.91. The second-order valence-electron chi connectivity index (χ2n) is 6.83. The maximum absolute atomic E-state index is 14.0. The van der Waals surface area contributed by atoms with Crippen molar-refractivity contribution >= 4 is 21.8 Å². The Morgan fingerprint density at radius 2 is 1.93 bits per heavy atom. The van der Waals surface area contributed by atoms with Gasteiger partial charge in [0.2, 0.25) is 16.0 Å². The third-order valence-electron chi connectivity index (χ3n) is 4.87. The molecule has 1 aromatic carbocycles. The van der Waals surface area contributed by atoms with Crippen molar-refractivity contribution in [3.63, 3.8) is 0 Å². The van der Waals surface area contributed by atoms with Crippen LogP contribution < -0.4 is 5.32 Å². The average Bonchev–Trinajstić information content (AvgIpc) is 3.22. The fourth-order valence-electron chi connectivity index (χ4n) is 3.38. The molecule has 7 nitrogen and oxygen atoms in total. The lowest BCUT2D eigenvalue weighted by molar-refractivity contribution is 0.390. The molecule has 0 saturated carbocycles. The van der Waals surface area contributed by atoms with Crippen molar-refractivity contribution in [1.29, 1.82) is 0 Å². The number of hydrogen-bond donors (Lipinski definition) is 1. The van der Waals surface area contributed by atoms with Crippen LogP contribution in [0.4, 0.5) is 16.2 Å². The van der Waals surface area contributed by atoms with Gasteiger partial charge in [-0.05, 0) is 55.7 Å². The van der Waals surface area contributed by atoms with Gasteiger partial charge in [0.25, 0.3) is 0 Å². The number of aromatic nitrogens is 3. The normalized spacial score (nSPS) is 17.4. The number of hydrogen-bond acceptors (Lipinski definition) is 6. The predicted molar refractivity (Wildman–Crippen MR) is 107 cm³/mol. The molecular weight excluding hydrogens is 393 g/mol. The molecule has 3 aromatic rings. The highest BCUT2D eigenvalue weighted by Crippen LogP contribution is 2.36. The molecule has 0 aliphatic carbocycles. The molecule has 9 heteroatoms. The Labute approximate surface area is 168 Å². The minimum Gasteiger partial charge on any atom is -0.309 e. The van der Waals surface area contributed by atoms with Gasteiger partial charge in [-0.2, -0.15) is 4.31 Å². The fraction of sp³-hybridized carbons (Fsp3) is 0.250. The van der Waals surface area contributed by atoms with E-state index in [0.29, 0.717) is 42.4 Å². The number of sulfonamides is 1. The van der Waals surface area contributed by atoms with Crippen LogP contribution in [0.2, 0.25) is 0 Å². The minimum absolute atomic E-state index is 0.0422. The van der Waals surface area contributed by atoms with Gasteiger partial charge in [-0.15, -0.1) is 0 Å². The first-order valence-electron chi connectivity index (χ1n) is 9.24. The topological polar surface area (TPSA) is 88.1 Å². The molecule has 1 aliphatic heterocycles. The Bertz CT molecular complexity index is 1120. The summed E-state index contributed by atoms with van der Waals surface area (Å²) >= 11 is 0. The van der Waals surface area contributed by atoms with Gasteiger partial charge < -0.3 is 5.32 Å². The molecule has 0 radical (unpaired) electrons. The second-order valence-corrected chi connectivity index (χ2v) is 8.72. The molecule has 1 aliphatic rings. The average molecular weight is 413 g/mol. The number of anilines is 2. The number of halogens is 1. The third kappa shape index (κ3) is 3.96. The maximum atomic E-state index is 14.0. The van der Waals surface area contributed by atoms with Crippen LogP contribution >= 0.6 is 0 Å². The van der Waals surface area contributed by atoms with Crippen molar-refractivity contribution in [1.82, 2.24) is 19.3 Å². The van der Waals surface area contributed by atoms with Gasteiger partial charge in [0.1, 0.15) is 11.6 Å². The molecule has 1 saturated heterocycles. The van der Waals surface area contributed by atoms with Gasteiger partial charge in [-0.3, -0.25) is 0 Å². The molecule has 0 unspecified atom stereocenters. The van der Waals surface area contributed by atoms with Crippen LogP contribution in [0.15, 0.2) is 59.8 Å². The molecule has 150 valence electrons. The summed E-state index contributed by atoms with van der Waals surface area (Å²) in [5.41, 5.74) is 1.03. The summed E-state index contributed by atoms with van der Waals surface area (Å²) in [6.07, 6.45) is 4.58. The SMILES string of the molecule is Cc1ccc(S(=O)(=O)N2CCC[C@@H]2c2cccc(Nc3ncccn3)n2)cc1F. The number of benzene rings is 1. The number of pyridine rings is 1. The molecule has 3 heterocycles. The highest BCUT2D eigenvalue weighted by atomic mass is 32.2. The number of nitrogens with zero attached hydrogens (tertiary/aromatic N) is 4. The molecule has 0 spiro atoms. The quantitative estimate of drug-likeness (QED) is 0.688. The van der Waals surface area contributed by atoms with E-state index in [9.17, 15) is 12.8 Å². The smallest absolute Gasteiger partial charge is 0.243 e. The van der Waals surface area contributed by atoms with Crippen molar-refractivity contribution in [3.05, 3.63) is 71.9 Å². The van der Waals surface area contributed by atoms with Crippen LogP contribution in [0.1, 0.15) is 30.1 Å². The van der Waals surface area contributed by atoms with E-state index in [1.807, 2.05) is 6.07 Å². The van der Waals surface area contributed by atoms with E-state index in [1.54, 1.807) is 37.5 Å². The molecule has 2 aromatic heterocycles. The highest BCUT2D eigenvalue weighted by Gasteiger charge is 2.37. The summed E-state index contributed by atoms with van der Waals surface area (Å²) in [5.74, 6) is 0.400. The Balaban J connectivity index is 1.63. The van der Waals surface area contributed by atoms with Crippen LogP contribution in [0.3, 0.4) is 0 Å². The Morgan fingerprint density at radius 1 is 1.14 bits per heavy atom. The first kappa shape index (κ1) is 19.4. The van der Waals surface area contributed by atoms with E-state index in [2.05, 4.69) is 20.3 Å². The molecule has 1 N–H and O–H groups in total. The molecule has 4 rings (SSSR count). The zero-order valence-electron chi connectivity index (χ0n) is 15.8. The first-order chi connectivity index (χ1) is 13.9. The number of rotatable bonds is 5. The lowest BCUT2D eigenvalue weighted by Crippen LogP contribution is -2.31. The third-order valence-corrected chi connectivity index (χ3v) is 6.78. The standard InChI is InChI=1S/C20H20FN5O2S/c1-14-8-9-15(13-16(14)21)29(27,28)26-12-3-6-18(26)17-5-2-7-19(24-17)25-20-22-10-4-11-23-20/h2,4-5,7-11,13,18H,3,6,12H2,1H3,(H,22,23,24,25)/t18-/m1/s1. The Morgan fingerprint density at radius 3 is 2.69 bits per heavy atom. The highest BCUT2D eigenvalue weighted by molar-refractivity contribution is 7.89. The molecule has 1 atom stereocenters. The van der Waals surface area contributed by atoms with Crippen molar-refractivity contribution < 1.29 is 12.8 Å². The monoisotopic (exact) mass is 413 g/mol. The van der Waals surface area contributed by atoms with Crippen LogP contribution in [-0.2, 0) is 10.0 Å². The van der Waals surface area contributed by atoms with Gasteiger partial charge in [0.05, 0.1) is 16.6 Å². The lowest BCUT2D eigenvalue weighted by Gasteiger charge is -2.24. The summed E-state index contributed by atoms with van der Waals surface area (Å²) in [4.78, 5) is 12.7. The largest absolute Gasteiger partial charge is 0.309 e. The summed E-state index contributed by atoms with van der Waals surface area (Å²) in [5, 5.41) is 3.02. The summed E-state index contributed by atoms with van der Waals surface area (Å²) in [6.45, 7) is 1.97. The summed E-state index contributed by atoms with van der Waals surface area (Å²) < 4.78 is 41.7. The predicted octanol–water partition coefficient (Wildman–Crippen LogP) is 3.59. The molecule has 1 fully saturated rings. The lowest BCUT2D eigenvalue weighted by atomic mass is 10.1. The van der Waals surface area contributed by atoms with E-state index in [4.69, 9.17) is 0 Å². The van der Waals surface area contributed by atoms with Gasteiger partial charge in [0.15, 0.2) is 0 Å². The van der Waals surface area contributed by atoms with Crippen molar-refractivity contribution in [2.45, 2.75) is 30.7 Å². The molecule has 0 bridgehead atoms. The summed E-state index contributed by atoms with van der Waals surface area (Å²) in [6, 6.07) is 10.7. The van der Waals surface area contributed by atoms with Crippen LogP contribution in [-0.4, -0.2) is 34.2 Å². The summed E-state index contributed by atoms with van der Waals surface area (Å²) in [7, 11) is -3.84.